The smallest absolute Gasteiger partial charge is 0.0896 e. The molecule has 0 aliphatic rings. The van der Waals surface area contributed by atoms with Crippen LogP contribution >= 0.6 is 22.7 Å². The maximum Gasteiger partial charge on any atom is 0.0896 e. The van der Waals surface area contributed by atoms with E-state index in [1.807, 2.05) is 17.5 Å². The van der Waals surface area contributed by atoms with Gasteiger partial charge < -0.3 is 5.32 Å². The van der Waals surface area contributed by atoms with Crippen LogP contribution in [0.25, 0.3) is 0 Å². The van der Waals surface area contributed by atoms with Crippen molar-refractivity contribution in [2.24, 2.45) is 0 Å². The number of nitrogens with zero attached hydrogens (tertiary/aromatic N) is 1. The highest BCUT2D eigenvalue weighted by Gasteiger charge is 2.05. The van der Waals surface area contributed by atoms with E-state index in [0.29, 0.717) is 6.04 Å². The van der Waals surface area contributed by atoms with Crippen molar-refractivity contribution in [2.75, 3.05) is 6.54 Å². The van der Waals surface area contributed by atoms with Gasteiger partial charge in [-0.05, 0) is 31.7 Å². The maximum atomic E-state index is 4.26. The van der Waals surface area contributed by atoms with Gasteiger partial charge in [0, 0.05) is 28.5 Å². The lowest BCUT2D eigenvalue weighted by atomic mass is 10.2. The van der Waals surface area contributed by atoms with E-state index in [4.69, 9.17) is 0 Å². The normalized spacial score (nSPS) is 12.9. The Balaban J connectivity index is 1.76. The van der Waals surface area contributed by atoms with Crippen LogP contribution in [0.15, 0.2) is 23.7 Å². The number of hydrogen-bond donors (Lipinski definition) is 1. The highest BCUT2D eigenvalue weighted by Crippen LogP contribution is 2.18. The van der Waals surface area contributed by atoms with E-state index in [9.17, 15) is 0 Å². The molecule has 0 spiro atoms. The molecule has 2 aromatic rings. The molecule has 2 rings (SSSR count). The number of nitrogens with one attached hydrogen (secondary N) is 1. The van der Waals surface area contributed by atoms with Crippen molar-refractivity contribution < 1.29 is 0 Å². The van der Waals surface area contributed by atoms with Gasteiger partial charge in [0.25, 0.3) is 0 Å². The number of hydrogen-bond acceptors (Lipinski definition) is 4. The molecule has 0 aliphatic carbocycles. The van der Waals surface area contributed by atoms with Crippen LogP contribution in [0.2, 0.25) is 0 Å². The molecule has 1 N–H and O–H groups in total. The minimum atomic E-state index is 0.453. The van der Waals surface area contributed by atoms with Crippen LogP contribution in [0.1, 0.15) is 27.7 Å². The van der Waals surface area contributed by atoms with E-state index in [1.165, 1.54) is 9.75 Å². The van der Waals surface area contributed by atoms with Crippen molar-refractivity contribution in [3.05, 3.63) is 38.5 Å². The summed E-state index contributed by atoms with van der Waals surface area (Å²) in [6.45, 7) is 5.28. The molecule has 4 heteroatoms. The number of aromatic nitrogens is 1. The van der Waals surface area contributed by atoms with E-state index in [0.717, 1.165) is 18.0 Å². The highest BCUT2D eigenvalue weighted by atomic mass is 32.1. The molecule has 2 heterocycles. The van der Waals surface area contributed by atoms with Crippen LogP contribution in [0.5, 0.6) is 0 Å². The molecule has 0 amide bonds. The van der Waals surface area contributed by atoms with Crippen molar-refractivity contribution in [3.8, 4) is 0 Å². The number of rotatable bonds is 5. The summed E-state index contributed by atoms with van der Waals surface area (Å²) in [6, 6.07) is 4.73. The molecule has 1 unspecified atom stereocenters. The second-order valence-corrected chi connectivity index (χ2v) is 6.09. The fourth-order valence-electron chi connectivity index (χ4n) is 1.57. The summed E-state index contributed by atoms with van der Waals surface area (Å²) in [5, 5.41) is 6.81. The summed E-state index contributed by atoms with van der Waals surface area (Å²) >= 11 is 3.60. The van der Waals surface area contributed by atoms with Crippen LogP contribution in [-0.2, 0) is 6.42 Å². The maximum absolute atomic E-state index is 4.26. The highest BCUT2D eigenvalue weighted by molar-refractivity contribution is 7.11. The third kappa shape index (κ3) is 3.14. The first-order valence-corrected chi connectivity index (χ1v) is 7.13. The molecule has 2 aromatic heterocycles. The average molecular weight is 252 g/mol. The standard InChI is InChI=1S/C12H16N2S2/c1-9(12-4-3-7-15-12)13-6-5-11-8-14-10(2)16-11/h3-4,7-9,13H,5-6H2,1-2H3. The van der Waals surface area contributed by atoms with Crippen molar-refractivity contribution in [3.63, 3.8) is 0 Å². The first-order chi connectivity index (χ1) is 7.75. The zero-order valence-electron chi connectivity index (χ0n) is 9.56. The molecule has 86 valence electrons. The van der Waals surface area contributed by atoms with Gasteiger partial charge in [0.2, 0.25) is 0 Å². The quantitative estimate of drug-likeness (QED) is 0.882. The van der Waals surface area contributed by atoms with Gasteiger partial charge in [-0.15, -0.1) is 22.7 Å². The molecular formula is C12H16N2S2. The van der Waals surface area contributed by atoms with Crippen LogP contribution in [0.3, 0.4) is 0 Å². The summed E-state index contributed by atoms with van der Waals surface area (Å²) in [7, 11) is 0. The molecule has 0 aromatic carbocycles. The molecular weight excluding hydrogens is 236 g/mol. The van der Waals surface area contributed by atoms with Crippen LogP contribution in [-0.4, -0.2) is 11.5 Å². The number of thiophene rings is 1. The van der Waals surface area contributed by atoms with Gasteiger partial charge in [-0.25, -0.2) is 4.98 Å². The minimum Gasteiger partial charge on any atom is -0.309 e. The minimum absolute atomic E-state index is 0.453. The summed E-state index contributed by atoms with van der Waals surface area (Å²) in [5.74, 6) is 0. The lowest BCUT2D eigenvalue weighted by molar-refractivity contribution is 0.586. The van der Waals surface area contributed by atoms with E-state index < -0.39 is 0 Å². The predicted molar refractivity (Wildman–Crippen MR) is 71.3 cm³/mol. The Morgan fingerprint density at radius 3 is 3.00 bits per heavy atom. The third-order valence-electron chi connectivity index (χ3n) is 2.46. The number of thiazole rings is 1. The predicted octanol–water partition coefficient (Wildman–Crippen LogP) is 3.41. The van der Waals surface area contributed by atoms with E-state index in [2.05, 4.69) is 41.7 Å². The van der Waals surface area contributed by atoms with Crippen molar-refractivity contribution in [1.29, 1.82) is 0 Å². The van der Waals surface area contributed by atoms with Crippen molar-refractivity contribution in [1.82, 2.24) is 10.3 Å². The molecule has 0 saturated heterocycles. The molecule has 1 atom stereocenters. The van der Waals surface area contributed by atoms with Gasteiger partial charge in [0.05, 0.1) is 5.01 Å². The van der Waals surface area contributed by atoms with Crippen LogP contribution in [0, 0.1) is 6.92 Å². The molecule has 0 radical (unpaired) electrons. The summed E-state index contributed by atoms with van der Waals surface area (Å²) in [4.78, 5) is 7.02. The van der Waals surface area contributed by atoms with E-state index >= 15 is 0 Å². The monoisotopic (exact) mass is 252 g/mol. The van der Waals surface area contributed by atoms with Gasteiger partial charge in [0.15, 0.2) is 0 Å². The van der Waals surface area contributed by atoms with E-state index in [1.54, 1.807) is 11.3 Å². The topological polar surface area (TPSA) is 24.9 Å². The second kappa shape index (κ2) is 5.57. The molecule has 0 saturated carbocycles. The van der Waals surface area contributed by atoms with Gasteiger partial charge >= 0.3 is 0 Å². The zero-order chi connectivity index (χ0) is 11.4. The Morgan fingerprint density at radius 2 is 2.38 bits per heavy atom. The lowest BCUT2D eigenvalue weighted by Crippen LogP contribution is -2.20. The van der Waals surface area contributed by atoms with Gasteiger partial charge in [0.1, 0.15) is 0 Å². The fraction of sp³-hybridized carbons (Fsp3) is 0.417. The molecule has 0 fully saturated rings. The Labute approximate surface area is 104 Å². The van der Waals surface area contributed by atoms with Gasteiger partial charge in [-0.1, -0.05) is 6.07 Å². The largest absolute Gasteiger partial charge is 0.309 e. The zero-order valence-corrected chi connectivity index (χ0v) is 11.2. The third-order valence-corrected chi connectivity index (χ3v) is 4.49. The van der Waals surface area contributed by atoms with E-state index in [-0.39, 0.29) is 0 Å². The molecule has 16 heavy (non-hydrogen) atoms. The SMILES string of the molecule is Cc1ncc(CCNC(C)c2cccs2)s1. The molecule has 0 bridgehead atoms. The summed E-state index contributed by atoms with van der Waals surface area (Å²) in [6.07, 6.45) is 3.05. The first-order valence-electron chi connectivity index (χ1n) is 5.44. The van der Waals surface area contributed by atoms with Gasteiger partial charge in [-0.2, -0.15) is 0 Å². The Bertz CT molecular complexity index is 420. The number of aryl methyl sites for hydroxylation is 1. The Morgan fingerprint density at radius 1 is 1.50 bits per heavy atom. The van der Waals surface area contributed by atoms with Crippen molar-refractivity contribution in [2.45, 2.75) is 26.3 Å². The Hall–Kier alpha value is -0.710. The van der Waals surface area contributed by atoms with Crippen LogP contribution in [0.4, 0.5) is 0 Å². The first kappa shape index (κ1) is 11.8. The van der Waals surface area contributed by atoms with Crippen molar-refractivity contribution >= 4 is 22.7 Å². The summed E-state index contributed by atoms with van der Waals surface area (Å²) in [5.41, 5.74) is 0. The lowest BCUT2D eigenvalue weighted by Gasteiger charge is -2.10. The average Bonchev–Trinajstić information content (AvgIpc) is 2.89. The molecule has 0 aliphatic heterocycles. The Kier molecular flexibility index (Phi) is 4.09. The molecule has 2 nitrogen and oxygen atoms in total. The second-order valence-electron chi connectivity index (χ2n) is 3.79. The fourth-order valence-corrected chi connectivity index (χ4v) is 3.12. The van der Waals surface area contributed by atoms with Crippen LogP contribution < -0.4 is 5.32 Å². The summed E-state index contributed by atoms with van der Waals surface area (Å²) < 4.78 is 0. The van der Waals surface area contributed by atoms with Gasteiger partial charge in [-0.3, -0.25) is 0 Å².